The minimum absolute atomic E-state index is 0.313. The zero-order chi connectivity index (χ0) is 15.6. The molecule has 1 unspecified atom stereocenters. The van der Waals surface area contributed by atoms with E-state index in [9.17, 15) is 4.79 Å². The molecule has 1 saturated heterocycles. The fourth-order valence-electron chi connectivity index (χ4n) is 4.13. The van der Waals surface area contributed by atoms with Crippen molar-refractivity contribution in [2.45, 2.75) is 51.1 Å². The molecular weight excluding hydrogens is 274 g/mol. The van der Waals surface area contributed by atoms with Crippen LogP contribution in [0.25, 0.3) is 0 Å². The second kappa shape index (κ2) is 6.25. The Morgan fingerprint density at radius 2 is 2.00 bits per heavy atom. The Kier molecular flexibility index (Phi) is 4.34. The van der Waals surface area contributed by atoms with E-state index in [1.54, 1.807) is 7.11 Å². The number of hydrogen-bond acceptors (Lipinski definition) is 3. The number of hydrogen-bond donors (Lipinski definition) is 0. The summed E-state index contributed by atoms with van der Waals surface area (Å²) in [6.07, 6.45) is 7.10. The van der Waals surface area contributed by atoms with Crippen LogP contribution >= 0.6 is 0 Å². The largest absolute Gasteiger partial charge is 0.497 e. The van der Waals surface area contributed by atoms with Gasteiger partial charge in [-0.15, -0.1) is 0 Å². The molecule has 1 aromatic carbocycles. The molecule has 0 aromatic heterocycles. The molecule has 0 radical (unpaired) electrons. The molecule has 1 heterocycles. The second-order valence-corrected chi connectivity index (χ2v) is 6.32. The lowest BCUT2D eigenvalue weighted by Crippen LogP contribution is -2.53. The zero-order valence-corrected chi connectivity index (χ0v) is 13.6. The standard InChI is InChI=1S/C19H25NO2/c1-3-16-6-4-7-18(21)19(16)12-5-13-20(19)14-15-8-10-17(22-2)11-9-15/h3,8-11H,4-7,12-14H2,1-2H3/b16-3+. The number of rotatable bonds is 3. The summed E-state index contributed by atoms with van der Waals surface area (Å²) in [7, 11) is 1.68. The van der Waals surface area contributed by atoms with Gasteiger partial charge in [0.25, 0.3) is 0 Å². The predicted octanol–water partition coefficient (Wildman–Crippen LogP) is 3.73. The van der Waals surface area contributed by atoms with Crippen LogP contribution in [0.1, 0.15) is 44.6 Å². The molecule has 1 aromatic rings. The minimum atomic E-state index is -0.313. The van der Waals surface area contributed by atoms with Crippen LogP contribution in [0, 0.1) is 0 Å². The first-order valence-corrected chi connectivity index (χ1v) is 8.27. The quantitative estimate of drug-likeness (QED) is 0.797. The molecule has 0 N–H and O–H groups in total. The summed E-state index contributed by atoms with van der Waals surface area (Å²) in [4.78, 5) is 15.2. The van der Waals surface area contributed by atoms with Crippen molar-refractivity contribution < 1.29 is 9.53 Å². The molecule has 22 heavy (non-hydrogen) atoms. The Bertz CT molecular complexity index is 576. The Morgan fingerprint density at radius 1 is 1.23 bits per heavy atom. The smallest absolute Gasteiger partial charge is 0.157 e. The molecular formula is C19H25NO2. The molecule has 1 saturated carbocycles. The number of likely N-dealkylation sites (tertiary alicyclic amines) is 1. The summed E-state index contributed by atoms with van der Waals surface area (Å²) in [5, 5.41) is 0. The molecule has 0 amide bonds. The van der Waals surface area contributed by atoms with Crippen LogP contribution in [-0.2, 0) is 11.3 Å². The van der Waals surface area contributed by atoms with Gasteiger partial charge in [0.1, 0.15) is 11.3 Å². The van der Waals surface area contributed by atoms with Gasteiger partial charge in [-0.2, -0.15) is 0 Å². The van der Waals surface area contributed by atoms with Gasteiger partial charge in [-0.1, -0.05) is 18.2 Å². The van der Waals surface area contributed by atoms with Crippen LogP contribution in [0.5, 0.6) is 5.75 Å². The third kappa shape index (κ3) is 2.48. The molecule has 3 nitrogen and oxygen atoms in total. The molecule has 1 aliphatic carbocycles. The molecule has 1 atom stereocenters. The van der Waals surface area contributed by atoms with Crippen LogP contribution in [0.15, 0.2) is 35.9 Å². The van der Waals surface area contributed by atoms with Crippen molar-refractivity contribution in [2.75, 3.05) is 13.7 Å². The Balaban J connectivity index is 1.86. The summed E-state index contributed by atoms with van der Waals surface area (Å²) in [5.74, 6) is 1.31. The number of benzene rings is 1. The number of nitrogens with zero attached hydrogens (tertiary/aromatic N) is 1. The van der Waals surface area contributed by atoms with Crippen LogP contribution in [-0.4, -0.2) is 29.9 Å². The lowest BCUT2D eigenvalue weighted by atomic mass is 9.74. The summed E-state index contributed by atoms with van der Waals surface area (Å²) in [6.45, 7) is 3.93. The third-order valence-corrected chi connectivity index (χ3v) is 5.23. The number of methoxy groups -OCH3 is 1. The summed E-state index contributed by atoms with van der Waals surface area (Å²) in [6, 6.07) is 8.20. The molecule has 118 valence electrons. The third-order valence-electron chi connectivity index (χ3n) is 5.23. The van der Waals surface area contributed by atoms with Crippen LogP contribution < -0.4 is 4.74 Å². The Morgan fingerprint density at radius 3 is 2.68 bits per heavy atom. The predicted molar refractivity (Wildman–Crippen MR) is 88.0 cm³/mol. The lowest BCUT2D eigenvalue weighted by Gasteiger charge is -2.42. The average molecular weight is 299 g/mol. The topological polar surface area (TPSA) is 29.5 Å². The highest BCUT2D eigenvalue weighted by Crippen LogP contribution is 2.43. The molecule has 3 heteroatoms. The maximum atomic E-state index is 12.8. The monoisotopic (exact) mass is 299 g/mol. The van der Waals surface area contributed by atoms with Crippen molar-refractivity contribution in [2.24, 2.45) is 0 Å². The van der Waals surface area contributed by atoms with Gasteiger partial charge in [0.05, 0.1) is 7.11 Å². The minimum Gasteiger partial charge on any atom is -0.497 e. The van der Waals surface area contributed by atoms with Gasteiger partial charge < -0.3 is 4.74 Å². The van der Waals surface area contributed by atoms with Gasteiger partial charge in [0.2, 0.25) is 0 Å². The van der Waals surface area contributed by atoms with Gasteiger partial charge >= 0.3 is 0 Å². The van der Waals surface area contributed by atoms with Gasteiger partial charge in [0, 0.05) is 13.0 Å². The summed E-state index contributed by atoms with van der Waals surface area (Å²) < 4.78 is 5.22. The second-order valence-electron chi connectivity index (χ2n) is 6.32. The number of carbonyl (C=O) groups is 1. The van der Waals surface area contributed by atoms with E-state index in [1.165, 1.54) is 11.1 Å². The average Bonchev–Trinajstić information content (AvgIpc) is 2.95. The van der Waals surface area contributed by atoms with Crippen molar-refractivity contribution >= 4 is 5.78 Å². The molecule has 2 fully saturated rings. The van der Waals surface area contributed by atoms with Gasteiger partial charge in [0.15, 0.2) is 5.78 Å². The maximum absolute atomic E-state index is 12.8. The fourth-order valence-corrected chi connectivity index (χ4v) is 4.13. The SMILES string of the molecule is C/C=C1\CCCC(=O)C12CCCN2Cc1ccc(OC)cc1. The van der Waals surface area contributed by atoms with E-state index in [-0.39, 0.29) is 5.54 Å². The summed E-state index contributed by atoms with van der Waals surface area (Å²) >= 11 is 0. The van der Waals surface area contributed by atoms with E-state index in [4.69, 9.17) is 4.74 Å². The van der Waals surface area contributed by atoms with Gasteiger partial charge in [-0.05, 0) is 62.4 Å². The van der Waals surface area contributed by atoms with E-state index >= 15 is 0 Å². The first-order valence-electron chi connectivity index (χ1n) is 8.27. The molecule has 3 rings (SSSR count). The van der Waals surface area contributed by atoms with Gasteiger partial charge in [-0.3, -0.25) is 9.69 Å². The van der Waals surface area contributed by atoms with Crippen molar-refractivity contribution in [3.05, 3.63) is 41.5 Å². The summed E-state index contributed by atoms with van der Waals surface area (Å²) in [5.41, 5.74) is 2.28. The van der Waals surface area contributed by atoms with Crippen molar-refractivity contribution in [1.29, 1.82) is 0 Å². The Hall–Kier alpha value is -1.61. The highest BCUT2D eigenvalue weighted by atomic mass is 16.5. The maximum Gasteiger partial charge on any atom is 0.157 e. The number of carbonyl (C=O) groups excluding carboxylic acids is 1. The first-order chi connectivity index (χ1) is 10.7. The van der Waals surface area contributed by atoms with E-state index in [0.717, 1.165) is 50.9 Å². The number of ether oxygens (including phenoxy) is 1. The highest BCUT2D eigenvalue weighted by molar-refractivity contribution is 5.93. The highest BCUT2D eigenvalue weighted by Gasteiger charge is 2.50. The molecule has 0 bridgehead atoms. The van der Waals surface area contributed by atoms with Crippen LogP contribution in [0.4, 0.5) is 0 Å². The van der Waals surface area contributed by atoms with Crippen LogP contribution in [0.2, 0.25) is 0 Å². The molecule has 2 aliphatic rings. The molecule has 1 spiro atoms. The normalized spacial score (nSPS) is 27.7. The van der Waals surface area contributed by atoms with E-state index in [1.807, 2.05) is 12.1 Å². The van der Waals surface area contributed by atoms with Crippen molar-refractivity contribution in [3.8, 4) is 5.75 Å². The Labute approximate surface area is 133 Å². The van der Waals surface area contributed by atoms with E-state index in [0.29, 0.717) is 5.78 Å². The van der Waals surface area contributed by atoms with E-state index in [2.05, 4.69) is 30.0 Å². The van der Waals surface area contributed by atoms with Crippen LogP contribution in [0.3, 0.4) is 0 Å². The molecule has 1 aliphatic heterocycles. The lowest BCUT2D eigenvalue weighted by molar-refractivity contribution is -0.129. The number of Topliss-reactive ketones (excluding diaryl/α,β-unsaturated/α-hetero) is 1. The fraction of sp³-hybridized carbons (Fsp3) is 0.526. The van der Waals surface area contributed by atoms with Crippen molar-refractivity contribution in [1.82, 2.24) is 4.90 Å². The zero-order valence-electron chi connectivity index (χ0n) is 13.6. The van der Waals surface area contributed by atoms with Gasteiger partial charge in [-0.25, -0.2) is 0 Å². The number of ketones is 1. The van der Waals surface area contributed by atoms with Crippen molar-refractivity contribution in [3.63, 3.8) is 0 Å². The first kappa shape index (κ1) is 15.3. The number of allylic oxidation sites excluding steroid dienone is 1. The van der Waals surface area contributed by atoms with E-state index < -0.39 is 0 Å².